The quantitative estimate of drug-likeness (QED) is 0.352. The number of rotatable bonds is 7. The molecular weight excluding hydrogens is 476 g/mol. The van der Waals surface area contributed by atoms with Crippen LogP contribution in [0.2, 0.25) is 0 Å². The number of carbonyl (C=O) groups excluding carboxylic acids is 1. The van der Waals surface area contributed by atoms with Gasteiger partial charge < -0.3 is 20.1 Å². The Balaban J connectivity index is 1.55. The average Bonchev–Trinajstić information content (AvgIpc) is 3.48. The zero-order chi connectivity index (χ0) is 28.1. The fourth-order valence-electron chi connectivity index (χ4n) is 10.2. The largest absolute Gasteiger partial charge is 0.455 e. The molecule has 3 N–H and O–H groups in total. The first-order chi connectivity index (χ1) is 17.5. The summed E-state index contributed by atoms with van der Waals surface area (Å²) in [5.41, 5.74) is 1.84. The minimum atomic E-state index is -1.25. The normalized spacial score (nSPS) is 40.3. The number of aliphatic hydroxyl groups is 3. The monoisotopic (exact) mass is 526 g/mol. The van der Waals surface area contributed by atoms with Crippen molar-refractivity contribution in [3.05, 3.63) is 34.9 Å². The fraction of sp³-hybridized carbons (Fsp3) is 0.788. The van der Waals surface area contributed by atoms with Crippen molar-refractivity contribution in [2.24, 2.45) is 27.6 Å². The molecule has 0 unspecified atom stereocenters. The van der Waals surface area contributed by atoms with Gasteiger partial charge in [0.25, 0.3) is 0 Å². The van der Waals surface area contributed by atoms with Gasteiger partial charge in [0, 0.05) is 17.8 Å². The minimum Gasteiger partial charge on any atom is -0.455 e. The molecule has 0 bridgehead atoms. The lowest BCUT2D eigenvalue weighted by molar-refractivity contribution is -0.160. The van der Waals surface area contributed by atoms with Crippen LogP contribution in [0, 0.1) is 27.6 Å². The van der Waals surface area contributed by atoms with Gasteiger partial charge in [-0.15, -0.1) is 0 Å². The molecule has 4 aliphatic carbocycles. The molecule has 4 aliphatic rings. The molecule has 0 amide bonds. The number of aliphatic hydroxyl groups excluding tert-OH is 2. The van der Waals surface area contributed by atoms with Crippen LogP contribution >= 0.6 is 0 Å². The third kappa shape index (κ3) is 3.50. The molecule has 8 atom stereocenters. The lowest BCUT2D eigenvalue weighted by Gasteiger charge is -2.61. The first-order valence-corrected chi connectivity index (χ1v) is 14.9. The Hall–Kier alpha value is -1.43. The molecule has 212 valence electrons. The summed E-state index contributed by atoms with van der Waals surface area (Å²) >= 11 is 0. The summed E-state index contributed by atoms with van der Waals surface area (Å²) in [7, 11) is 0. The summed E-state index contributed by atoms with van der Waals surface area (Å²) in [5.74, 6) is -0.0271. The van der Waals surface area contributed by atoms with E-state index >= 15 is 0 Å². The van der Waals surface area contributed by atoms with E-state index in [1.165, 1.54) is 25.3 Å². The molecule has 0 radical (unpaired) electrons. The second kappa shape index (κ2) is 8.54. The predicted octanol–water partition coefficient (Wildman–Crippen LogP) is 6.53. The van der Waals surface area contributed by atoms with Crippen molar-refractivity contribution < 1.29 is 24.9 Å². The molecule has 5 rings (SSSR count). The molecule has 5 nitrogen and oxygen atoms in total. The Kier molecular flexibility index (Phi) is 6.31. The first kappa shape index (κ1) is 28.1. The zero-order valence-electron chi connectivity index (χ0n) is 24.9. The van der Waals surface area contributed by atoms with Crippen LogP contribution in [0.15, 0.2) is 18.2 Å². The van der Waals surface area contributed by atoms with Crippen LogP contribution in [0.25, 0.3) is 0 Å². The highest BCUT2D eigenvalue weighted by atomic mass is 16.6. The maximum atomic E-state index is 12.2. The van der Waals surface area contributed by atoms with Gasteiger partial charge in [0.05, 0.1) is 12.2 Å². The highest BCUT2D eigenvalue weighted by Gasteiger charge is 2.82. The molecule has 0 heterocycles. The summed E-state index contributed by atoms with van der Waals surface area (Å²) in [6, 6.07) is 6.11. The molecule has 3 saturated carbocycles. The summed E-state index contributed by atoms with van der Waals surface area (Å²) in [4.78, 5) is 11.9. The van der Waals surface area contributed by atoms with Gasteiger partial charge in [-0.1, -0.05) is 46.8 Å². The number of benzene rings is 1. The Labute approximate surface area is 229 Å². The Morgan fingerprint density at radius 1 is 1.16 bits per heavy atom. The average molecular weight is 527 g/mol. The molecule has 3 fully saturated rings. The van der Waals surface area contributed by atoms with Crippen molar-refractivity contribution in [1.29, 1.82) is 0 Å². The summed E-state index contributed by atoms with van der Waals surface area (Å²) < 4.78 is 5.57. The highest BCUT2D eigenvalue weighted by Crippen LogP contribution is 2.89. The summed E-state index contributed by atoms with van der Waals surface area (Å²) in [5, 5.41) is 33.5. The van der Waals surface area contributed by atoms with Crippen LogP contribution in [0.3, 0.4) is 0 Å². The van der Waals surface area contributed by atoms with E-state index in [1.54, 1.807) is 13.8 Å². The van der Waals surface area contributed by atoms with E-state index in [0.29, 0.717) is 5.92 Å². The van der Waals surface area contributed by atoms with Gasteiger partial charge in [0.15, 0.2) is 6.10 Å². The smallest absolute Gasteiger partial charge is 0.303 e. The second-order valence-corrected chi connectivity index (χ2v) is 15.0. The van der Waals surface area contributed by atoms with Crippen LogP contribution in [-0.2, 0) is 14.9 Å². The van der Waals surface area contributed by atoms with E-state index in [1.807, 2.05) is 12.1 Å². The van der Waals surface area contributed by atoms with Crippen molar-refractivity contribution in [3.8, 4) is 0 Å². The van der Waals surface area contributed by atoms with E-state index in [2.05, 4.69) is 40.7 Å². The fourth-order valence-corrected chi connectivity index (χ4v) is 10.2. The minimum absolute atomic E-state index is 0.152. The van der Waals surface area contributed by atoms with Crippen LogP contribution in [-0.4, -0.2) is 33.0 Å². The number of hydrogen-bond donors (Lipinski definition) is 3. The Bertz CT molecular complexity index is 1120. The second-order valence-electron chi connectivity index (χ2n) is 15.0. The molecule has 0 saturated heterocycles. The van der Waals surface area contributed by atoms with Crippen molar-refractivity contribution in [2.75, 3.05) is 0 Å². The highest BCUT2D eigenvalue weighted by molar-refractivity contribution is 5.66. The molecule has 38 heavy (non-hydrogen) atoms. The van der Waals surface area contributed by atoms with Gasteiger partial charge in [-0.3, -0.25) is 4.79 Å². The molecule has 1 aromatic carbocycles. The van der Waals surface area contributed by atoms with Gasteiger partial charge in [-0.25, -0.2) is 0 Å². The molecule has 0 aliphatic heterocycles. The number of ether oxygens (including phenoxy) is 1. The van der Waals surface area contributed by atoms with E-state index in [4.69, 9.17) is 4.74 Å². The van der Waals surface area contributed by atoms with Gasteiger partial charge in [0.2, 0.25) is 0 Å². The topological polar surface area (TPSA) is 87.0 Å². The third-order valence-corrected chi connectivity index (χ3v) is 12.6. The summed E-state index contributed by atoms with van der Waals surface area (Å²) in [6.07, 6.45) is 6.77. The van der Waals surface area contributed by atoms with Crippen LogP contribution in [0.5, 0.6) is 0 Å². The molecule has 1 spiro atoms. The molecule has 5 heteroatoms. The maximum Gasteiger partial charge on any atom is 0.303 e. The van der Waals surface area contributed by atoms with Crippen molar-refractivity contribution >= 4 is 5.97 Å². The lowest BCUT2D eigenvalue weighted by Crippen LogP contribution is -2.57. The zero-order valence-corrected chi connectivity index (χ0v) is 24.9. The Morgan fingerprint density at radius 3 is 2.45 bits per heavy atom. The van der Waals surface area contributed by atoms with Crippen LogP contribution in [0.4, 0.5) is 0 Å². The summed E-state index contributed by atoms with van der Waals surface area (Å²) in [6.45, 7) is 16.3. The SMILES string of the molecule is CC[C@@H](O)CC[C@]12C[C@]13CC[C@]1(C)c4ccc([C@H](OC(C)=O)C(C)(C)O)cc4[C@H](O)[C@@]1(C)[C@@H]3CCC2(C)C. The van der Waals surface area contributed by atoms with E-state index in [-0.39, 0.29) is 33.2 Å². The maximum absolute atomic E-state index is 12.2. The van der Waals surface area contributed by atoms with Crippen molar-refractivity contribution in [1.82, 2.24) is 0 Å². The van der Waals surface area contributed by atoms with Gasteiger partial charge >= 0.3 is 5.97 Å². The van der Waals surface area contributed by atoms with Crippen LogP contribution in [0.1, 0.15) is 136 Å². The third-order valence-electron chi connectivity index (χ3n) is 12.6. The molecule has 0 aromatic heterocycles. The molecule has 1 aromatic rings. The van der Waals surface area contributed by atoms with Gasteiger partial charge in [-0.2, -0.15) is 0 Å². The predicted molar refractivity (Wildman–Crippen MR) is 148 cm³/mol. The first-order valence-electron chi connectivity index (χ1n) is 14.9. The van der Waals surface area contributed by atoms with Crippen molar-refractivity contribution in [3.63, 3.8) is 0 Å². The van der Waals surface area contributed by atoms with Gasteiger partial charge in [0.1, 0.15) is 5.60 Å². The standard InChI is InChI=1S/C33H50O5/c1-9-22(35)12-15-33-19-32(33)17-16-30(7)24-11-10-21(27(29(5,6)37)38-20(2)34)18-23(24)26(36)31(30,8)25(32)13-14-28(33,3)4/h10-11,18,22,25-27,35-37H,9,12-17,19H2,1-8H3/t22-,25+,26+,27+,30-,31-,32+,33-/m1/s1. The number of carbonyl (C=O) groups is 1. The van der Waals surface area contributed by atoms with Gasteiger partial charge in [-0.05, 0) is 110 Å². The molecular formula is C33H50O5. The Morgan fingerprint density at radius 2 is 1.84 bits per heavy atom. The van der Waals surface area contributed by atoms with E-state index < -0.39 is 23.8 Å². The number of fused-ring (bicyclic) bond motifs is 4. The number of hydrogen-bond acceptors (Lipinski definition) is 5. The number of esters is 1. The van der Waals surface area contributed by atoms with E-state index in [0.717, 1.165) is 49.7 Å². The van der Waals surface area contributed by atoms with E-state index in [9.17, 15) is 20.1 Å². The lowest BCUT2D eigenvalue weighted by atomic mass is 9.43. The van der Waals surface area contributed by atoms with Crippen molar-refractivity contribution in [2.45, 2.75) is 136 Å². The van der Waals surface area contributed by atoms with Crippen LogP contribution < -0.4 is 0 Å².